The van der Waals surface area contributed by atoms with E-state index in [1.807, 2.05) is 13.0 Å². The molecule has 0 aliphatic carbocycles. The topological polar surface area (TPSA) is 67.9 Å². The van der Waals surface area contributed by atoms with Crippen LogP contribution >= 0.6 is 0 Å². The van der Waals surface area contributed by atoms with E-state index in [0.29, 0.717) is 5.82 Å². The van der Waals surface area contributed by atoms with Crippen molar-refractivity contribution in [3.8, 4) is 0 Å². The van der Waals surface area contributed by atoms with Crippen molar-refractivity contribution >= 4 is 22.5 Å². The van der Waals surface area contributed by atoms with Crippen molar-refractivity contribution in [1.29, 1.82) is 0 Å². The molecule has 5 heteroatoms. The number of nitrogens with zero attached hydrogens (tertiary/aromatic N) is 4. The molecule has 20 heavy (non-hydrogen) atoms. The van der Waals surface area contributed by atoms with E-state index in [1.165, 1.54) is 19.3 Å². The molecule has 1 aliphatic heterocycles. The van der Waals surface area contributed by atoms with Gasteiger partial charge in [0.1, 0.15) is 17.5 Å². The number of anilines is 2. The molecule has 2 N–H and O–H groups in total. The van der Waals surface area contributed by atoms with Crippen LogP contribution in [0.15, 0.2) is 6.07 Å². The lowest BCUT2D eigenvalue weighted by Crippen LogP contribution is -2.30. The van der Waals surface area contributed by atoms with Gasteiger partial charge in [-0.2, -0.15) is 0 Å². The number of aromatic nitrogens is 3. The van der Waals surface area contributed by atoms with Crippen molar-refractivity contribution in [3.05, 3.63) is 17.6 Å². The number of aryl methyl sites for hydroxylation is 2. The minimum atomic E-state index is 0.539. The van der Waals surface area contributed by atoms with E-state index >= 15 is 0 Å². The van der Waals surface area contributed by atoms with E-state index in [2.05, 4.69) is 21.8 Å². The SMILES string of the molecule is CCc1nc(N)cc2nc(C)nc(N3CCCCC3)c12. The molecule has 0 radical (unpaired) electrons. The molecule has 0 aromatic carbocycles. The standard InChI is InChI=1S/C15H21N5/c1-3-11-14-12(9-13(16)19-11)17-10(2)18-15(14)20-7-5-4-6-8-20/h9H,3-8H2,1-2H3,(H2,16,19). The molecule has 0 amide bonds. The maximum absolute atomic E-state index is 5.89. The summed E-state index contributed by atoms with van der Waals surface area (Å²) in [5.74, 6) is 2.37. The van der Waals surface area contributed by atoms with Crippen LogP contribution in [0, 0.1) is 6.92 Å². The fraction of sp³-hybridized carbons (Fsp3) is 0.533. The number of nitrogen functional groups attached to an aromatic ring is 1. The van der Waals surface area contributed by atoms with Gasteiger partial charge < -0.3 is 10.6 Å². The number of nitrogens with two attached hydrogens (primary N) is 1. The Morgan fingerprint density at radius 1 is 1.15 bits per heavy atom. The van der Waals surface area contributed by atoms with Crippen LogP contribution in [-0.4, -0.2) is 28.0 Å². The molecule has 0 bridgehead atoms. The quantitative estimate of drug-likeness (QED) is 0.908. The summed E-state index contributed by atoms with van der Waals surface area (Å²) in [6, 6.07) is 1.86. The lowest BCUT2D eigenvalue weighted by Gasteiger charge is -2.29. The second-order valence-corrected chi connectivity index (χ2v) is 5.38. The summed E-state index contributed by atoms with van der Waals surface area (Å²) >= 11 is 0. The molecule has 5 nitrogen and oxygen atoms in total. The number of fused-ring (bicyclic) bond motifs is 1. The van der Waals surface area contributed by atoms with Crippen LogP contribution in [0.3, 0.4) is 0 Å². The Morgan fingerprint density at radius 3 is 2.60 bits per heavy atom. The predicted molar refractivity (Wildman–Crippen MR) is 81.9 cm³/mol. The summed E-state index contributed by atoms with van der Waals surface area (Å²) in [5, 5.41) is 1.08. The molecule has 2 aromatic heterocycles. The Balaban J connectivity index is 2.23. The molecule has 1 fully saturated rings. The van der Waals surface area contributed by atoms with Crippen LogP contribution < -0.4 is 10.6 Å². The number of pyridine rings is 1. The normalized spacial score (nSPS) is 15.8. The first-order chi connectivity index (χ1) is 9.69. The van der Waals surface area contributed by atoms with Crippen LogP contribution in [0.2, 0.25) is 0 Å². The summed E-state index contributed by atoms with van der Waals surface area (Å²) in [7, 11) is 0. The highest BCUT2D eigenvalue weighted by molar-refractivity contribution is 5.93. The van der Waals surface area contributed by atoms with Gasteiger partial charge in [-0.3, -0.25) is 0 Å². The van der Waals surface area contributed by atoms with Crippen molar-refractivity contribution in [2.75, 3.05) is 23.7 Å². The average Bonchev–Trinajstić information content (AvgIpc) is 2.46. The fourth-order valence-electron chi connectivity index (χ4n) is 2.93. The molecule has 3 heterocycles. The first-order valence-electron chi connectivity index (χ1n) is 7.37. The second kappa shape index (κ2) is 5.23. The second-order valence-electron chi connectivity index (χ2n) is 5.38. The molecular formula is C15H21N5. The predicted octanol–water partition coefficient (Wildman–Crippen LogP) is 2.47. The maximum atomic E-state index is 5.89. The molecule has 1 aliphatic rings. The number of hydrogen-bond donors (Lipinski definition) is 1. The summed E-state index contributed by atoms with van der Waals surface area (Å²) < 4.78 is 0. The van der Waals surface area contributed by atoms with Crippen molar-refractivity contribution in [2.24, 2.45) is 0 Å². The average molecular weight is 271 g/mol. The monoisotopic (exact) mass is 271 g/mol. The largest absolute Gasteiger partial charge is 0.384 e. The van der Waals surface area contributed by atoms with Crippen LogP contribution in [0.1, 0.15) is 37.7 Å². The first-order valence-corrected chi connectivity index (χ1v) is 7.37. The molecule has 0 spiro atoms. The van der Waals surface area contributed by atoms with E-state index in [-0.39, 0.29) is 0 Å². The van der Waals surface area contributed by atoms with Crippen LogP contribution in [-0.2, 0) is 6.42 Å². The smallest absolute Gasteiger partial charge is 0.142 e. The van der Waals surface area contributed by atoms with E-state index in [0.717, 1.165) is 47.7 Å². The third kappa shape index (κ3) is 2.28. The van der Waals surface area contributed by atoms with Gasteiger partial charge in [0.15, 0.2) is 0 Å². The van der Waals surface area contributed by atoms with Gasteiger partial charge in [-0.1, -0.05) is 6.92 Å². The highest BCUT2D eigenvalue weighted by atomic mass is 15.2. The van der Waals surface area contributed by atoms with Gasteiger partial charge in [0.05, 0.1) is 16.6 Å². The number of hydrogen-bond acceptors (Lipinski definition) is 5. The number of rotatable bonds is 2. The van der Waals surface area contributed by atoms with Gasteiger partial charge in [-0.25, -0.2) is 15.0 Å². The fourth-order valence-corrected chi connectivity index (χ4v) is 2.93. The molecular weight excluding hydrogens is 250 g/mol. The third-order valence-electron chi connectivity index (χ3n) is 3.86. The summed E-state index contributed by atoms with van der Waals surface area (Å²) in [5.41, 5.74) is 7.81. The van der Waals surface area contributed by atoms with E-state index in [9.17, 15) is 0 Å². The first kappa shape index (κ1) is 13.1. The van der Waals surface area contributed by atoms with Gasteiger partial charge in [-0.05, 0) is 32.6 Å². The van der Waals surface area contributed by atoms with E-state index < -0.39 is 0 Å². The molecule has 0 unspecified atom stereocenters. The van der Waals surface area contributed by atoms with Crippen molar-refractivity contribution < 1.29 is 0 Å². The van der Waals surface area contributed by atoms with E-state index in [4.69, 9.17) is 10.7 Å². The Labute approximate surface area is 119 Å². The lowest BCUT2D eigenvalue weighted by molar-refractivity contribution is 0.574. The van der Waals surface area contributed by atoms with Crippen LogP contribution in [0.4, 0.5) is 11.6 Å². The highest BCUT2D eigenvalue weighted by Gasteiger charge is 2.19. The molecule has 2 aromatic rings. The van der Waals surface area contributed by atoms with Gasteiger partial charge in [0, 0.05) is 19.2 Å². The third-order valence-corrected chi connectivity index (χ3v) is 3.86. The van der Waals surface area contributed by atoms with Crippen molar-refractivity contribution in [1.82, 2.24) is 15.0 Å². The Bertz CT molecular complexity index is 626. The van der Waals surface area contributed by atoms with Crippen LogP contribution in [0.5, 0.6) is 0 Å². The Kier molecular flexibility index (Phi) is 3.42. The van der Waals surface area contributed by atoms with Gasteiger partial charge in [0.25, 0.3) is 0 Å². The molecule has 106 valence electrons. The zero-order valence-electron chi connectivity index (χ0n) is 12.2. The van der Waals surface area contributed by atoms with Crippen molar-refractivity contribution in [2.45, 2.75) is 39.5 Å². The molecule has 0 atom stereocenters. The van der Waals surface area contributed by atoms with Gasteiger partial charge >= 0.3 is 0 Å². The summed E-state index contributed by atoms with van der Waals surface area (Å²) in [4.78, 5) is 16.1. The summed E-state index contributed by atoms with van der Waals surface area (Å²) in [6.07, 6.45) is 4.61. The van der Waals surface area contributed by atoms with Crippen LogP contribution in [0.25, 0.3) is 10.9 Å². The molecule has 3 rings (SSSR count). The minimum Gasteiger partial charge on any atom is -0.384 e. The van der Waals surface area contributed by atoms with Crippen molar-refractivity contribution in [3.63, 3.8) is 0 Å². The van der Waals surface area contributed by atoms with E-state index in [1.54, 1.807) is 0 Å². The maximum Gasteiger partial charge on any atom is 0.142 e. The molecule has 0 saturated carbocycles. The summed E-state index contributed by atoms with van der Waals surface area (Å²) in [6.45, 7) is 6.17. The Hall–Kier alpha value is -1.91. The van der Waals surface area contributed by atoms with Gasteiger partial charge in [-0.15, -0.1) is 0 Å². The lowest BCUT2D eigenvalue weighted by atomic mass is 10.1. The zero-order valence-corrected chi connectivity index (χ0v) is 12.2. The minimum absolute atomic E-state index is 0.539. The highest BCUT2D eigenvalue weighted by Crippen LogP contribution is 2.29. The van der Waals surface area contributed by atoms with Gasteiger partial charge in [0.2, 0.25) is 0 Å². The molecule has 1 saturated heterocycles. The number of piperidine rings is 1. The Morgan fingerprint density at radius 2 is 1.90 bits per heavy atom. The zero-order chi connectivity index (χ0) is 14.1.